The zero-order chi connectivity index (χ0) is 40.0. The maximum Gasteiger partial charge on any atom is 1.00 e. The Morgan fingerprint density at radius 2 is 1.14 bits per heavy atom. The van der Waals surface area contributed by atoms with Gasteiger partial charge in [-0.25, -0.2) is 25.3 Å². The largest absolute Gasteiger partial charge is 1.00 e. The second-order valence-corrected chi connectivity index (χ2v) is 15.6. The van der Waals surface area contributed by atoms with E-state index in [0.717, 1.165) is 18.2 Å². The molecule has 0 unspecified atom stereocenters. The van der Waals surface area contributed by atoms with Crippen LogP contribution in [0.2, 0.25) is 0 Å². The first-order valence-electron chi connectivity index (χ1n) is 15.3. The summed E-state index contributed by atoms with van der Waals surface area (Å²) in [5.41, 5.74) is 10.0. The van der Waals surface area contributed by atoms with E-state index in [9.17, 15) is 48.5 Å². The number of hydrogen-bond donors (Lipinski definition) is 3. The summed E-state index contributed by atoms with van der Waals surface area (Å²) in [7, 11) is -12.7. The molecule has 24 heteroatoms. The number of methoxy groups -OCH3 is 2. The van der Waals surface area contributed by atoms with E-state index in [4.69, 9.17) is 15.2 Å². The zero-order valence-corrected chi connectivity index (χ0v) is 33.5. The molecule has 4 aromatic carbocycles. The monoisotopic (exact) mass is 827 g/mol. The van der Waals surface area contributed by atoms with Crippen LogP contribution in [0.1, 0.15) is 31.8 Å². The van der Waals surface area contributed by atoms with Gasteiger partial charge in [0.1, 0.15) is 53.3 Å². The molecule has 2 aliphatic rings. The molecule has 18 nitrogen and oxygen atoms in total. The minimum atomic E-state index is -5.38. The topological polar surface area (TPSA) is 299 Å². The number of benzene rings is 4. The van der Waals surface area contributed by atoms with Crippen molar-refractivity contribution in [2.45, 2.75) is 4.90 Å². The molecule has 0 spiro atoms. The average molecular weight is 828 g/mol. The Morgan fingerprint density at radius 3 is 1.64 bits per heavy atom. The Kier molecular flexibility index (Phi) is 15.1. The molecular weight excluding hydrogens is 803 g/mol. The van der Waals surface area contributed by atoms with Crippen LogP contribution in [0.3, 0.4) is 0 Å². The molecule has 0 aromatic heterocycles. The van der Waals surface area contributed by atoms with Gasteiger partial charge in [-0.15, -0.1) is 0 Å². The Bertz CT molecular complexity index is 2830. The molecule has 4 N–H and O–H groups in total. The number of hydrazone groups is 2. The Morgan fingerprint density at radius 1 is 0.621 bits per heavy atom. The van der Waals surface area contributed by atoms with E-state index >= 15 is 0 Å². The van der Waals surface area contributed by atoms with E-state index in [1.165, 1.54) is 44.6 Å². The van der Waals surface area contributed by atoms with Crippen LogP contribution in [-0.4, -0.2) is 76.1 Å². The fraction of sp³-hybridized carbons (Fsp3) is 0.0588. The van der Waals surface area contributed by atoms with Crippen LogP contribution in [0.4, 0.5) is 17.1 Å². The second-order valence-electron chi connectivity index (χ2n) is 11.6. The van der Waals surface area contributed by atoms with Crippen molar-refractivity contribution in [3.8, 4) is 22.6 Å². The number of carbonyl (C=O) groups is 2. The van der Waals surface area contributed by atoms with Gasteiger partial charge in [-0.2, -0.15) is 10.2 Å². The summed E-state index contributed by atoms with van der Waals surface area (Å²) in [6.45, 7) is 0. The first-order chi connectivity index (χ1) is 25.8. The standard InChI is InChI=1S/C34H27N5O13S3.3Li/c1-51-27-12-17(7-9-24(27)36-38-26-16-29(54(45,46)47)21-5-3-4-6-22(21)33(26)40)18-8-10-25(28(13-18)52-2)37-39-32-30(55(48,49)50)14-19-11-20(53(42,43)44)15-23(35)31(19)34(32)41;;;/h3-16,36-37H,35H2,1-2H3,(H,42,43,44)(H,45,46,47)(H,48,49,50);;;/q;3*+1/p-3/b38-26-,39-32+;;;. The number of nitrogens with two attached hydrogens (primary N) is 1. The maximum absolute atomic E-state index is 13.4. The molecule has 284 valence electrons. The molecule has 0 amide bonds. The van der Waals surface area contributed by atoms with E-state index in [-0.39, 0.29) is 107 Å². The number of allylic oxidation sites excluding steroid dienone is 2. The Balaban J connectivity index is 0.00000300. The van der Waals surface area contributed by atoms with Gasteiger partial charge in [-0.3, -0.25) is 20.4 Å². The fourth-order valence-corrected chi connectivity index (χ4v) is 7.56. The summed E-state index contributed by atoms with van der Waals surface area (Å²) in [5, 5.41) is 7.92. The van der Waals surface area contributed by atoms with Crippen molar-refractivity contribution in [3.63, 3.8) is 0 Å². The van der Waals surface area contributed by atoms with E-state index < -0.39 is 68.0 Å². The van der Waals surface area contributed by atoms with Crippen LogP contribution in [0.25, 0.3) is 22.1 Å². The molecule has 0 saturated carbocycles. The van der Waals surface area contributed by atoms with Crippen molar-refractivity contribution >= 4 is 81.4 Å². The summed E-state index contributed by atoms with van der Waals surface area (Å²) in [5.74, 6) is -1.40. The first kappa shape index (κ1) is 47.9. The van der Waals surface area contributed by atoms with E-state index in [1.807, 2.05) is 0 Å². The van der Waals surface area contributed by atoms with Crippen LogP contribution in [0.15, 0.2) is 98.9 Å². The average Bonchev–Trinajstić information content (AvgIpc) is 3.12. The van der Waals surface area contributed by atoms with Gasteiger partial charge in [0.05, 0.1) is 45.9 Å². The minimum Gasteiger partial charge on any atom is -0.744 e. The number of hydrogen-bond acceptors (Lipinski definition) is 18. The molecule has 58 heavy (non-hydrogen) atoms. The van der Waals surface area contributed by atoms with Crippen LogP contribution in [0, 0.1) is 0 Å². The number of nitrogens with zero attached hydrogens (tertiary/aromatic N) is 2. The predicted molar refractivity (Wildman–Crippen MR) is 196 cm³/mol. The number of anilines is 3. The molecule has 4 aromatic rings. The number of fused-ring (bicyclic) bond motifs is 2. The number of nitrogens with one attached hydrogen (secondary N) is 2. The normalized spacial score (nSPS) is 15.1. The molecule has 0 aliphatic heterocycles. The third kappa shape index (κ3) is 9.70. The number of nitrogen functional groups attached to an aromatic ring is 1. The first-order valence-corrected chi connectivity index (χ1v) is 19.5. The molecule has 6 rings (SSSR count). The van der Waals surface area contributed by atoms with Gasteiger partial charge in [0, 0.05) is 16.8 Å². The molecule has 0 saturated heterocycles. The van der Waals surface area contributed by atoms with Crippen LogP contribution in [-0.2, 0) is 30.4 Å². The van der Waals surface area contributed by atoms with Crippen molar-refractivity contribution in [2.24, 2.45) is 10.2 Å². The number of ether oxygens (including phenoxy) is 2. The van der Waals surface area contributed by atoms with Crippen molar-refractivity contribution < 1.29 is 115 Å². The summed E-state index contributed by atoms with van der Waals surface area (Å²) in [6.07, 6.45) is 1.59. The van der Waals surface area contributed by atoms with Gasteiger partial charge in [-0.1, -0.05) is 36.4 Å². The van der Waals surface area contributed by atoms with Crippen molar-refractivity contribution in [3.05, 3.63) is 106 Å². The number of ketones is 2. The van der Waals surface area contributed by atoms with Crippen molar-refractivity contribution in [1.82, 2.24) is 0 Å². The second kappa shape index (κ2) is 18.2. The van der Waals surface area contributed by atoms with E-state index in [1.54, 1.807) is 30.3 Å². The number of Topliss-reactive ketones (excluding diaryl/α,β-unsaturated/α-hetero) is 2. The minimum absolute atomic E-state index is 0. The van der Waals surface area contributed by atoms with E-state index in [0.29, 0.717) is 17.2 Å². The predicted octanol–water partition coefficient (Wildman–Crippen LogP) is -6.03. The molecule has 2 aliphatic carbocycles. The fourth-order valence-electron chi connectivity index (χ4n) is 5.67. The number of rotatable bonds is 10. The third-order valence-electron chi connectivity index (χ3n) is 8.22. The van der Waals surface area contributed by atoms with Crippen LogP contribution in [0.5, 0.6) is 11.5 Å². The van der Waals surface area contributed by atoms with Gasteiger partial charge in [0.25, 0.3) is 0 Å². The van der Waals surface area contributed by atoms with Gasteiger partial charge < -0.3 is 28.9 Å². The quantitative estimate of drug-likeness (QED) is 0.0580. The zero-order valence-electron chi connectivity index (χ0n) is 31.1. The molecule has 0 bridgehead atoms. The van der Waals surface area contributed by atoms with Gasteiger partial charge in [-0.05, 0) is 65.2 Å². The Labute approximate surface area is 367 Å². The molecule has 0 radical (unpaired) electrons. The molecule has 0 heterocycles. The smallest absolute Gasteiger partial charge is 0.744 e. The SMILES string of the molecule is COc1cc(-c2ccc(N/N=C3/C(=O)c4c(N)cc(S(=O)(=O)[O-])cc4C=C3S(=O)(=O)[O-])c(OC)c2)ccc1N/N=C1/C=C(S(=O)(=O)[O-])c2ccccc2C1=O.[Li+].[Li+].[Li+]. The van der Waals surface area contributed by atoms with Gasteiger partial charge >= 0.3 is 56.6 Å². The van der Waals surface area contributed by atoms with Gasteiger partial charge in [0.2, 0.25) is 11.6 Å². The Hall–Kier alpha value is -4.44. The summed E-state index contributed by atoms with van der Waals surface area (Å²) in [6, 6.07) is 16.6. The van der Waals surface area contributed by atoms with Crippen molar-refractivity contribution in [1.29, 1.82) is 0 Å². The van der Waals surface area contributed by atoms with Crippen LogP contribution < -0.4 is 82.6 Å². The molecule has 0 fully saturated rings. The van der Waals surface area contributed by atoms with Gasteiger partial charge in [0.15, 0.2) is 0 Å². The van der Waals surface area contributed by atoms with Crippen molar-refractivity contribution in [2.75, 3.05) is 30.8 Å². The summed E-state index contributed by atoms with van der Waals surface area (Å²) >= 11 is 0. The van der Waals surface area contributed by atoms with Crippen LogP contribution >= 0.6 is 0 Å². The summed E-state index contributed by atoms with van der Waals surface area (Å²) in [4.78, 5) is 23.9. The maximum atomic E-state index is 13.4. The summed E-state index contributed by atoms with van der Waals surface area (Å²) < 4.78 is 118. The third-order valence-corrected chi connectivity index (χ3v) is 10.8. The molecular formula is C34H24Li3N5O13S3. The van der Waals surface area contributed by atoms with E-state index in [2.05, 4.69) is 21.1 Å². The number of carbonyl (C=O) groups excluding carboxylic acids is 2. The molecule has 0 atom stereocenters.